The fourth-order valence-corrected chi connectivity index (χ4v) is 2.12. The first kappa shape index (κ1) is 14.2. The minimum absolute atomic E-state index is 0.0837. The molecule has 2 atom stereocenters. The zero-order valence-electron chi connectivity index (χ0n) is 11.3. The molecule has 2 heteroatoms. The van der Waals surface area contributed by atoms with Gasteiger partial charge in [-0.2, -0.15) is 0 Å². The number of ether oxygens (including phenoxy) is 1. The summed E-state index contributed by atoms with van der Waals surface area (Å²) in [4.78, 5) is 0. The third-order valence-electron chi connectivity index (χ3n) is 3.09. The highest BCUT2D eigenvalue weighted by atomic mass is 16.5. The molecule has 2 unspecified atom stereocenters. The molecule has 2 nitrogen and oxygen atoms in total. The number of rotatable bonds is 6. The van der Waals surface area contributed by atoms with E-state index in [-0.39, 0.29) is 6.10 Å². The van der Waals surface area contributed by atoms with Gasteiger partial charge in [-0.05, 0) is 30.9 Å². The van der Waals surface area contributed by atoms with Crippen molar-refractivity contribution in [2.24, 2.45) is 5.92 Å². The minimum Gasteiger partial charge on any atom is -0.390 e. The zero-order chi connectivity index (χ0) is 12.8. The Bertz CT molecular complexity index is 333. The lowest BCUT2D eigenvalue weighted by Crippen LogP contribution is -2.35. The van der Waals surface area contributed by atoms with Crippen molar-refractivity contribution in [3.8, 4) is 0 Å². The van der Waals surface area contributed by atoms with Crippen molar-refractivity contribution in [2.75, 3.05) is 6.61 Å². The Morgan fingerprint density at radius 1 is 1.24 bits per heavy atom. The van der Waals surface area contributed by atoms with Crippen LogP contribution in [0.3, 0.4) is 0 Å². The molecule has 0 heterocycles. The number of benzene rings is 1. The lowest BCUT2D eigenvalue weighted by Gasteiger charge is -2.26. The van der Waals surface area contributed by atoms with Crippen LogP contribution < -0.4 is 0 Å². The quantitative estimate of drug-likeness (QED) is 0.823. The second-order valence-corrected chi connectivity index (χ2v) is 4.86. The monoisotopic (exact) mass is 236 g/mol. The standard InChI is InChI=1S/C15H24O2/c1-5-17-15(11(2)3)14(16)10-13-9-7-6-8-12(13)4/h6-9,11,14-16H,5,10H2,1-4H3. The molecule has 96 valence electrons. The van der Waals surface area contributed by atoms with E-state index in [1.54, 1.807) is 0 Å². The smallest absolute Gasteiger partial charge is 0.0859 e. The van der Waals surface area contributed by atoms with E-state index in [0.29, 0.717) is 18.9 Å². The summed E-state index contributed by atoms with van der Waals surface area (Å²) in [5.41, 5.74) is 2.43. The summed E-state index contributed by atoms with van der Waals surface area (Å²) < 4.78 is 5.63. The zero-order valence-corrected chi connectivity index (χ0v) is 11.3. The summed E-state index contributed by atoms with van der Waals surface area (Å²) in [6, 6.07) is 8.18. The van der Waals surface area contributed by atoms with E-state index in [4.69, 9.17) is 4.74 Å². The van der Waals surface area contributed by atoms with Crippen LogP contribution in [0.25, 0.3) is 0 Å². The Balaban J connectivity index is 2.69. The minimum atomic E-state index is -0.434. The highest BCUT2D eigenvalue weighted by molar-refractivity contribution is 5.26. The molecule has 1 N–H and O–H groups in total. The predicted molar refractivity (Wildman–Crippen MR) is 71.1 cm³/mol. The van der Waals surface area contributed by atoms with Crippen LogP contribution in [0.5, 0.6) is 0 Å². The highest BCUT2D eigenvalue weighted by Gasteiger charge is 2.23. The molecule has 0 saturated heterocycles. The van der Waals surface area contributed by atoms with Crippen LogP contribution in [0.2, 0.25) is 0 Å². The molecule has 17 heavy (non-hydrogen) atoms. The predicted octanol–water partition coefficient (Wildman–Crippen LogP) is 2.96. The van der Waals surface area contributed by atoms with E-state index in [2.05, 4.69) is 32.9 Å². The van der Waals surface area contributed by atoms with Crippen LogP contribution in [0.15, 0.2) is 24.3 Å². The Labute approximate surface area is 105 Å². The first-order chi connectivity index (χ1) is 8.06. The largest absolute Gasteiger partial charge is 0.390 e. The normalized spacial score (nSPS) is 14.9. The third kappa shape index (κ3) is 4.14. The second-order valence-electron chi connectivity index (χ2n) is 4.86. The number of aliphatic hydroxyl groups excluding tert-OH is 1. The van der Waals surface area contributed by atoms with Crippen LogP contribution in [-0.4, -0.2) is 23.9 Å². The molecule has 0 aliphatic carbocycles. The van der Waals surface area contributed by atoms with E-state index in [0.717, 1.165) is 0 Å². The molecule has 0 bridgehead atoms. The van der Waals surface area contributed by atoms with Crippen molar-refractivity contribution >= 4 is 0 Å². The Morgan fingerprint density at radius 2 is 1.88 bits per heavy atom. The number of aliphatic hydroxyl groups is 1. The van der Waals surface area contributed by atoms with Gasteiger partial charge in [0.15, 0.2) is 0 Å². The van der Waals surface area contributed by atoms with E-state index in [1.807, 2.05) is 19.1 Å². The molecule has 1 rings (SSSR count). The molecule has 0 aliphatic rings. The third-order valence-corrected chi connectivity index (χ3v) is 3.09. The Morgan fingerprint density at radius 3 is 2.41 bits per heavy atom. The van der Waals surface area contributed by atoms with Gasteiger partial charge in [-0.1, -0.05) is 38.1 Å². The Kier molecular flexibility index (Phi) is 5.66. The van der Waals surface area contributed by atoms with Crippen molar-refractivity contribution in [2.45, 2.75) is 46.3 Å². The van der Waals surface area contributed by atoms with Crippen LogP contribution >= 0.6 is 0 Å². The van der Waals surface area contributed by atoms with Gasteiger partial charge in [-0.15, -0.1) is 0 Å². The van der Waals surface area contributed by atoms with Gasteiger partial charge < -0.3 is 9.84 Å². The van der Waals surface area contributed by atoms with Gasteiger partial charge in [0, 0.05) is 13.0 Å². The van der Waals surface area contributed by atoms with Crippen LogP contribution in [0, 0.1) is 12.8 Å². The fourth-order valence-electron chi connectivity index (χ4n) is 2.12. The van der Waals surface area contributed by atoms with E-state index in [9.17, 15) is 5.11 Å². The SMILES string of the molecule is CCOC(C(C)C)C(O)Cc1ccccc1C. The summed E-state index contributed by atoms with van der Waals surface area (Å²) in [6.07, 6.45) is 0.144. The molecule has 0 aromatic heterocycles. The molecular weight excluding hydrogens is 212 g/mol. The maximum Gasteiger partial charge on any atom is 0.0859 e. The van der Waals surface area contributed by atoms with Gasteiger partial charge in [0.05, 0.1) is 12.2 Å². The molecule has 0 radical (unpaired) electrons. The Hall–Kier alpha value is -0.860. The fraction of sp³-hybridized carbons (Fsp3) is 0.600. The van der Waals surface area contributed by atoms with E-state index < -0.39 is 6.10 Å². The number of hydrogen-bond donors (Lipinski definition) is 1. The summed E-state index contributed by atoms with van der Waals surface area (Å²) in [6.45, 7) is 8.86. The van der Waals surface area contributed by atoms with Crippen molar-refractivity contribution in [1.29, 1.82) is 0 Å². The lowest BCUT2D eigenvalue weighted by atomic mass is 9.94. The lowest BCUT2D eigenvalue weighted by molar-refractivity contribution is -0.0562. The van der Waals surface area contributed by atoms with E-state index in [1.165, 1.54) is 11.1 Å². The topological polar surface area (TPSA) is 29.5 Å². The molecule has 0 fully saturated rings. The average Bonchev–Trinajstić information content (AvgIpc) is 2.28. The van der Waals surface area contributed by atoms with Crippen molar-refractivity contribution in [3.63, 3.8) is 0 Å². The average molecular weight is 236 g/mol. The maximum absolute atomic E-state index is 10.3. The van der Waals surface area contributed by atoms with Crippen LogP contribution in [0.1, 0.15) is 31.9 Å². The molecule has 1 aromatic carbocycles. The summed E-state index contributed by atoms with van der Waals surface area (Å²) >= 11 is 0. The molecule has 0 aliphatic heterocycles. The first-order valence-electron chi connectivity index (χ1n) is 6.40. The number of hydrogen-bond acceptors (Lipinski definition) is 2. The van der Waals surface area contributed by atoms with Gasteiger partial charge in [0.2, 0.25) is 0 Å². The maximum atomic E-state index is 10.3. The molecule has 0 amide bonds. The number of aryl methyl sites for hydroxylation is 1. The molecule has 0 spiro atoms. The molecular formula is C15H24O2. The second kappa shape index (κ2) is 6.77. The summed E-state index contributed by atoms with van der Waals surface area (Å²) in [5, 5.41) is 10.3. The molecule has 1 aromatic rings. The van der Waals surface area contributed by atoms with Gasteiger partial charge in [0.25, 0.3) is 0 Å². The van der Waals surface area contributed by atoms with Crippen LogP contribution in [-0.2, 0) is 11.2 Å². The van der Waals surface area contributed by atoms with Gasteiger partial charge in [0.1, 0.15) is 0 Å². The van der Waals surface area contributed by atoms with Gasteiger partial charge in [-0.3, -0.25) is 0 Å². The first-order valence-corrected chi connectivity index (χ1v) is 6.40. The van der Waals surface area contributed by atoms with E-state index >= 15 is 0 Å². The van der Waals surface area contributed by atoms with Crippen molar-refractivity contribution in [1.82, 2.24) is 0 Å². The van der Waals surface area contributed by atoms with Crippen LogP contribution in [0.4, 0.5) is 0 Å². The van der Waals surface area contributed by atoms with Gasteiger partial charge >= 0.3 is 0 Å². The molecule has 0 saturated carbocycles. The van der Waals surface area contributed by atoms with Gasteiger partial charge in [-0.25, -0.2) is 0 Å². The summed E-state index contributed by atoms with van der Waals surface area (Å²) in [7, 11) is 0. The highest BCUT2D eigenvalue weighted by Crippen LogP contribution is 2.17. The van der Waals surface area contributed by atoms with Crippen molar-refractivity contribution in [3.05, 3.63) is 35.4 Å². The van der Waals surface area contributed by atoms with Crippen molar-refractivity contribution < 1.29 is 9.84 Å². The summed E-state index contributed by atoms with van der Waals surface area (Å²) in [5.74, 6) is 0.328.